The summed E-state index contributed by atoms with van der Waals surface area (Å²) in [6.07, 6.45) is 0.627. The van der Waals surface area contributed by atoms with Crippen molar-refractivity contribution in [2.75, 3.05) is 13.1 Å². The first-order valence-electron chi connectivity index (χ1n) is 10.2. The number of para-hydroxylation sites is 1. The number of carbonyl (C=O) groups is 3. The highest BCUT2D eigenvalue weighted by molar-refractivity contribution is 6.09. The molecule has 1 atom stereocenters. The SMILES string of the molecule is CC1(c2cc(F)ccc2F)NC(=O)N(CC(=O)N2CCc3[nH]c4ccccc4c3C2)C1=O. The molecule has 2 aromatic carbocycles. The van der Waals surface area contributed by atoms with Crippen LogP contribution in [0.1, 0.15) is 23.7 Å². The smallest absolute Gasteiger partial charge is 0.325 e. The first kappa shape index (κ1) is 20.2. The molecule has 4 amide bonds. The molecule has 3 heterocycles. The van der Waals surface area contributed by atoms with Crippen LogP contribution in [0.3, 0.4) is 0 Å². The summed E-state index contributed by atoms with van der Waals surface area (Å²) < 4.78 is 28.0. The van der Waals surface area contributed by atoms with E-state index in [-0.39, 0.29) is 5.56 Å². The third-order valence-electron chi connectivity index (χ3n) is 6.27. The van der Waals surface area contributed by atoms with Crippen LogP contribution in [-0.2, 0) is 28.1 Å². The van der Waals surface area contributed by atoms with Gasteiger partial charge in [0.1, 0.15) is 23.7 Å². The summed E-state index contributed by atoms with van der Waals surface area (Å²) in [6, 6.07) is 9.70. The number of H-pyrrole nitrogens is 1. The van der Waals surface area contributed by atoms with Crippen LogP contribution in [0.4, 0.5) is 13.6 Å². The number of imide groups is 1. The van der Waals surface area contributed by atoms with Crippen molar-refractivity contribution in [3.05, 3.63) is 70.9 Å². The van der Waals surface area contributed by atoms with Gasteiger partial charge in [0.25, 0.3) is 5.91 Å². The van der Waals surface area contributed by atoms with Gasteiger partial charge in [-0.3, -0.25) is 14.5 Å². The van der Waals surface area contributed by atoms with E-state index in [1.54, 1.807) is 4.90 Å². The number of benzene rings is 2. The lowest BCUT2D eigenvalue weighted by molar-refractivity contribution is -0.139. The van der Waals surface area contributed by atoms with Gasteiger partial charge in [-0.15, -0.1) is 0 Å². The van der Waals surface area contributed by atoms with Crippen molar-refractivity contribution in [2.24, 2.45) is 0 Å². The molecular weight excluding hydrogens is 418 g/mol. The van der Waals surface area contributed by atoms with Crippen LogP contribution in [0.5, 0.6) is 0 Å². The Bertz CT molecular complexity index is 1290. The van der Waals surface area contributed by atoms with Crippen molar-refractivity contribution in [3.63, 3.8) is 0 Å². The van der Waals surface area contributed by atoms with Gasteiger partial charge in [-0.05, 0) is 31.2 Å². The second-order valence-corrected chi connectivity index (χ2v) is 8.26. The van der Waals surface area contributed by atoms with Crippen LogP contribution in [0.2, 0.25) is 0 Å². The second kappa shape index (κ2) is 7.15. The number of aromatic nitrogens is 1. The monoisotopic (exact) mass is 438 g/mol. The molecule has 5 rings (SSSR count). The van der Waals surface area contributed by atoms with Crippen LogP contribution >= 0.6 is 0 Å². The predicted molar refractivity (Wildman–Crippen MR) is 111 cm³/mol. The molecule has 32 heavy (non-hydrogen) atoms. The summed E-state index contributed by atoms with van der Waals surface area (Å²) >= 11 is 0. The first-order valence-corrected chi connectivity index (χ1v) is 10.2. The van der Waals surface area contributed by atoms with Crippen molar-refractivity contribution in [3.8, 4) is 0 Å². The fraction of sp³-hybridized carbons (Fsp3) is 0.261. The van der Waals surface area contributed by atoms with Gasteiger partial charge in [0.15, 0.2) is 0 Å². The standard InChI is InChI=1S/C23H20F2N4O3/c1-23(16-10-13(24)6-7-17(16)25)21(31)29(22(32)27-23)12-20(30)28-9-8-19-15(11-28)14-4-2-3-5-18(14)26-19/h2-7,10,26H,8-9,11-12H2,1H3,(H,27,32). The third-order valence-corrected chi connectivity index (χ3v) is 6.27. The Balaban J connectivity index is 1.36. The second-order valence-electron chi connectivity index (χ2n) is 8.26. The van der Waals surface area contributed by atoms with Gasteiger partial charge < -0.3 is 15.2 Å². The molecule has 2 aliphatic heterocycles. The fourth-order valence-electron chi connectivity index (χ4n) is 4.52. The minimum Gasteiger partial charge on any atom is -0.358 e. The zero-order chi connectivity index (χ0) is 22.6. The molecule has 1 fully saturated rings. The molecule has 2 N–H and O–H groups in total. The molecule has 0 radical (unpaired) electrons. The van der Waals surface area contributed by atoms with Crippen LogP contribution in [0.15, 0.2) is 42.5 Å². The largest absolute Gasteiger partial charge is 0.358 e. The van der Waals surface area contributed by atoms with Gasteiger partial charge in [0, 0.05) is 47.2 Å². The van der Waals surface area contributed by atoms with E-state index in [2.05, 4.69) is 10.3 Å². The number of nitrogens with zero attached hydrogens (tertiary/aromatic N) is 2. The summed E-state index contributed by atoms with van der Waals surface area (Å²) in [4.78, 5) is 44.3. The van der Waals surface area contributed by atoms with Gasteiger partial charge in [0.2, 0.25) is 5.91 Å². The van der Waals surface area contributed by atoms with Crippen LogP contribution in [0.25, 0.3) is 10.9 Å². The Morgan fingerprint density at radius 3 is 2.75 bits per heavy atom. The van der Waals surface area contributed by atoms with Gasteiger partial charge in [-0.1, -0.05) is 18.2 Å². The average molecular weight is 438 g/mol. The average Bonchev–Trinajstić information content (AvgIpc) is 3.25. The van der Waals surface area contributed by atoms with Crippen molar-refractivity contribution < 1.29 is 23.2 Å². The number of halogens is 2. The summed E-state index contributed by atoms with van der Waals surface area (Å²) in [5, 5.41) is 3.45. The van der Waals surface area contributed by atoms with E-state index in [4.69, 9.17) is 0 Å². The molecule has 0 saturated carbocycles. The topological polar surface area (TPSA) is 85.5 Å². The van der Waals surface area contributed by atoms with Gasteiger partial charge in [-0.25, -0.2) is 13.6 Å². The number of amides is 4. The van der Waals surface area contributed by atoms with Crippen molar-refractivity contribution in [1.82, 2.24) is 20.1 Å². The maximum Gasteiger partial charge on any atom is 0.325 e. The van der Waals surface area contributed by atoms with Crippen LogP contribution in [0, 0.1) is 11.6 Å². The third kappa shape index (κ3) is 3.04. The molecule has 0 aliphatic carbocycles. The molecule has 9 heteroatoms. The Morgan fingerprint density at radius 2 is 1.94 bits per heavy atom. The lowest BCUT2D eigenvalue weighted by Crippen LogP contribution is -2.46. The van der Waals surface area contributed by atoms with E-state index in [9.17, 15) is 23.2 Å². The number of aromatic amines is 1. The maximum atomic E-state index is 14.3. The minimum atomic E-state index is -1.80. The van der Waals surface area contributed by atoms with Crippen molar-refractivity contribution >= 4 is 28.7 Å². The summed E-state index contributed by atoms with van der Waals surface area (Å²) in [6.45, 7) is 1.62. The molecule has 7 nitrogen and oxygen atoms in total. The highest BCUT2D eigenvalue weighted by atomic mass is 19.1. The summed E-state index contributed by atoms with van der Waals surface area (Å²) in [5.41, 5.74) is 1.000. The van der Waals surface area contributed by atoms with Crippen molar-refractivity contribution in [2.45, 2.75) is 25.4 Å². The van der Waals surface area contributed by atoms with E-state index < -0.39 is 41.6 Å². The van der Waals surface area contributed by atoms with Crippen LogP contribution in [-0.4, -0.2) is 45.7 Å². The maximum absolute atomic E-state index is 14.3. The number of rotatable bonds is 3. The number of carbonyl (C=O) groups excluding carboxylic acids is 3. The Labute approximate surface area is 182 Å². The summed E-state index contributed by atoms with van der Waals surface area (Å²) in [5.74, 6) is -2.75. The molecule has 2 aliphatic rings. The molecule has 1 saturated heterocycles. The fourth-order valence-corrected chi connectivity index (χ4v) is 4.52. The molecule has 164 valence electrons. The number of urea groups is 1. The molecule has 3 aromatic rings. The number of hydrogen-bond donors (Lipinski definition) is 2. The first-order chi connectivity index (χ1) is 15.3. The van der Waals surface area contributed by atoms with Crippen LogP contribution < -0.4 is 5.32 Å². The molecule has 0 bridgehead atoms. The quantitative estimate of drug-likeness (QED) is 0.617. The zero-order valence-corrected chi connectivity index (χ0v) is 17.2. The normalized spacial score (nSPS) is 20.6. The van der Waals surface area contributed by atoms with E-state index >= 15 is 0 Å². The lowest BCUT2D eigenvalue weighted by Gasteiger charge is -2.29. The highest BCUT2D eigenvalue weighted by Gasteiger charge is 2.51. The molecular formula is C23H20F2N4O3. The van der Waals surface area contributed by atoms with Gasteiger partial charge in [0.05, 0.1) is 0 Å². The predicted octanol–water partition coefficient (Wildman–Crippen LogP) is 2.80. The van der Waals surface area contributed by atoms with Gasteiger partial charge >= 0.3 is 6.03 Å². The van der Waals surface area contributed by atoms with Crippen molar-refractivity contribution in [1.29, 1.82) is 0 Å². The van der Waals surface area contributed by atoms with E-state index in [0.717, 1.165) is 45.3 Å². The molecule has 1 unspecified atom stereocenters. The Hall–Kier alpha value is -3.75. The zero-order valence-electron chi connectivity index (χ0n) is 17.2. The van der Waals surface area contributed by atoms with E-state index in [1.165, 1.54) is 6.92 Å². The molecule has 1 aromatic heterocycles. The minimum absolute atomic E-state index is 0.285. The lowest BCUT2D eigenvalue weighted by atomic mass is 9.91. The number of nitrogens with one attached hydrogen (secondary N) is 2. The number of hydrogen-bond acceptors (Lipinski definition) is 3. The van der Waals surface area contributed by atoms with Gasteiger partial charge in [-0.2, -0.15) is 0 Å². The molecule has 0 spiro atoms. The highest BCUT2D eigenvalue weighted by Crippen LogP contribution is 2.32. The van der Waals surface area contributed by atoms with E-state index in [1.807, 2.05) is 24.3 Å². The Morgan fingerprint density at radius 1 is 1.16 bits per heavy atom. The number of fused-ring (bicyclic) bond motifs is 3. The Kier molecular flexibility index (Phi) is 4.51. The summed E-state index contributed by atoms with van der Waals surface area (Å²) in [7, 11) is 0. The van der Waals surface area contributed by atoms with E-state index in [0.29, 0.717) is 19.5 Å².